The number of methoxy groups -OCH3 is 1. The molecular weight excluding hydrogens is 424 g/mol. The maximum atomic E-state index is 12.9. The molecule has 0 unspecified atom stereocenters. The van der Waals surface area contributed by atoms with Crippen LogP contribution in [0.4, 0.5) is 11.4 Å². The molecule has 2 aromatic carbocycles. The van der Waals surface area contributed by atoms with Crippen LogP contribution in [0.5, 0.6) is 11.5 Å². The number of amides is 1. The number of esters is 1. The Morgan fingerprint density at radius 2 is 1.84 bits per heavy atom. The van der Waals surface area contributed by atoms with Crippen molar-refractivity contribution in [2.75, 3.05) is 56.8 Å². The highest BCUT2D eigenvalue weighted by Crippen LogP contribution is 2.38. The molecule has 1 amide bonds. The van der Waals surface area contributed by atoms with Crippen LogP contribution in [0, 0.1) is 0 Å². The Kier molecular flexibility index (Phi) is 6.48. The predicted molar refractivity (Wildman–Crippen MR) is 116 cm³/mol. The van der Waals surface area contributed by atoms with Crippen molar-refractivity contribution in [2.24, 2.45) is 0 Å². The number of ether oxygens (including phenoxy) is 4. The number of nitrogens with zero attached hydrogens (tertiary/aromatic N) is 1. The van der Waals surface area contributed by atoms with Gasteiger partial charge in [0.15, 0.2) is 11.5 Å². The van der Waals surface area contributed by atoms with Gasteiger partial charge in [-0.25, -0.2) is 4.79 Å². The molecule has 4 rings (SSSR count). The molecule has 31 heavy (non-hydrogen) atoms. The van der Waals surface area contributed by atoms with Crippen molar-refractivity contribution in [1.29, 1.82) is 0 Å². The monoisotopic (exact) mass is 446 g/mol. The number of anilines is 2. The summed E-state index contributed by atoms with van der Waals surface area (Å²) in [5.41, 5.74) is 1.76. The first-order valence-corrected chi connectivity index (χ1v) is 10.4. The van der Waals surface area contributed by atoms with Crippen LogP contribution in [0.1, 0.15) is 27.1 Å². The zero-order chi connectivity index (χ0) is 21.8. The maximum Gasteiger partial charge on any atom is 0.340 e. The molecule has 0 saturated carbocycles. The summed E-state index contributed by atoms with van der Waals surface area (Å²) < 4.78 is 21.6. The highest BCUT2D eigenvalue weighted by atomic mass is 35.5. The van der Waals surface area contributed by atoms with Crippen LogP contribution in [0.25, 0.3) is 0 Å². The lowest BCUT2D eigenvalue weighted by Gasteiger charge is -2.29. The summed E-state index contributed by atoms with van der Waals surface area (Å²) in [4.78, 5) is 27.5. The Labute approximate surface area is 185 Å². The number of nitrogens with one attached hydrogen (secondary N) is 1. The molecule has 2 aromatic rings. The molecule has 1 N–H and O–H groups in total. The fourth-order valence-electron chi connectivity index (χ4n) is 3.49. The van der Waals surface area contributed by atoms with Gasteiger partial charge in [0.2, 0.25) is 0 Å². The average molecular weight is 447 g/mol. The van der Waals surface area contributed by atoms with E-state index < -0.39 is 11.9 Å². The number of halogens is 1. The van der Waals surface area contributed by atoms with E-state index in [1.165, 1.54) is 13.2 Å². The molecule has 8 nitrogen and oxygen atoms in total. The zero-order valence-corrected chi connectivity index (χ0v) is 17.9. The first-order valence-electron chi connectivity index (χ1n) is 10.0. The van der Waals surface area contributed by atoms with Crippen LogP contribution in [0.15, 0.2) is 30.3 Å². The first-order chi connectivity index (χ1) is 15.1. The Hall–Kier alpha value is -2.97. The second-order valence-electron chi connectivity index (χ2n) is 7.11. The van der Waals surface area contributed by atoms with E-state index in [2.05, 4.69) is 10.2 Å². The van der Waals surface area contributed by atoms with Gasteiger partial charge < -0.3 is 29.2 Å². The standard InChI is InChI=1S/C22H23ClN2O6/c1-28-22(27)16-13-15(25-5-9-29-10-6-25)3-4-18(16)24-21(26)14-11-17(23)20-19(12-14)30-7-2-8-31-20/h3-4,11-13H,2,5-10H2,1H3,(H,24,26). The third kappa shape index (κ3) is 4.70. The zero-order valence-electron chi connectivity index (χ0n) is 17.1. The Morgan fingerprint density at radius 1 is 1.06 bits per heavy atom. The van der Waals surface area contributed by atoms with Gasteiger partial charge in [-0.1, -0.05) is 11.6 Å². The second kappa shape index (κ2) is 9.45. The molecule has 1 saturated heterocycles. The molecule has 0 radical (unpaired) electrons. The average Bonchev–Trinajstić information content (AvgIpc) is 3.05. The summed E-state index contributed by atoms with van der Waals surface area (Å²) in [5.74, 6) is -0.115. The molecule has 0 aromatic heterocycles. The largest absolute Gasteiger partial charge is 0.489 e. The van der Waals surface area contributed by atoms with Gasteiger partial charge in [-0.15, -0.1) is 0 Å². The molecule has 0 aliphatic carbocycles. The molecule has 2 heterocycles. The number of carbonyl (C=O) groups is 2. The van der Waals surface area contributed by atoms with Crippen molar-refractivity contribution in [2.45, 2.75) is 6.42 Å². The lowest BCUT2D eigenvalue weighted by atomic mass is 10.1. The molecule has 0 bridgehead atoms. The molecule has 1 fully saturated rings. The van der Waals surface area contributed by atoms with Gasteiger partial charge in [0, 0.05) is 30.8 Å². The Balaban J connectivity index is 1.61. The van der Waals surface area contributed by atoms with E-state index >= 15 is 0 Å². The normalized spacial score (nSPS) is 15.7. The summed E-state index contributed by atoms with van der Waals surface area (Å²) in [5, 5.41) is 3.08. The minimum atomic E-state index is -0.540. The van der Waals surface area contributed by atoms with Gasteiger partial charge in [0.05, 0.1) is 49.8 Å². The van der Waals surface area contributed by atoms with E-state index in [1.54, 1.807) is 18.2 Å². The van der Waals surface area contributed by atoms with Crippen molar-refractivity contribution in [3.63, 3.8) is 0 Å². The van der Waals surface area contributed by atoms with Crippen LogP contribution >= 0.6 is 11.6 Å². The van der Waals surface area contributed by atoms with Crippen LogP contribution in [0.2, 0.25) is 5.02 Å². The Morgan fingerprint density at radius 3 is 2.61 bits per heavy atom. The second-order valence-corrected chi connectivity index (χ2v) is 7.52. The van der Waals surface area contributed by atoms with Crippen molar-refractivity contribution in [1.82, 2.24) is 0 Å². The van der Waals surface area contributed by atoms with Crippen LogP contribution in [-0.2, 0) is 9.47 Å². The summed E-state index contributed by atoms with van der Waals surface area (Å²) >= 11 is 6.30. The SMILES string of the molecule is COC(=O)c1cc(N2CCOCC2)ccc1NC(=O)c1cc(Cl)c2c(c1)OCCCO2. The number of hydrogen-bond donors (Lipinski definition) is 1. The van der Waals surface area contributed by atoms with E-state index in [1.807, 2.05) is 6.07 Å². The Bertz CT molecular complexity index is 990. The number of hydrogen-bond acceptors (Lipinski definition) is 7. The highest BCUT2D eigenvalue weighted by Gasteiger charge is 2.22. The topological polar surface area (TPSA) is 86.3 Å². The highest BCUT2D eigenvalue weighted by molar-refractivity contribution is 6.32. The number of benzene rings is 2. The van der Waals surface area contributed by atoms with E-state index in [9.17, 15) is 9.59 Å². The number of fused-ring (bicyclic) bond motifs is 1. The quantitative estimate of drug-likeness (QED) is 0.720. The van der Waals surface area contributed by atoms with Gasteiger partial charge in [-0.2, -0.15) is 0 Å². The molecule has 0 atom stereocenters. The van der Waals surface area contributed by atoms with E-state index in [0.29, 0.717) is 54.2 Å². The number of morpholine rings is 1. The van der Waals surface area contributed by atoms with Crippen LogP contribution in [-0.4, -0.2) is 58.5 Å². The summed E-state index contributed by atoms with van der Waals surface area (Å²) in [6.07, 6.45) is 0.727. The van der Waals surface area contributed by atoms with Crippen molar-refractivity contribution in [3.05, 3.63) is 46.5 Å². The third-order valence-corrected chi connectivity index (χ3v) is 5.38. The molecule has 0 spiro atoms. The number of carbonyl (C=O) groups excluding carboxylic acids is 2. The van der Waals surface area contributed by atoms with E-state index in [0.717, 1.165) is 25.2 Å². The lowest BCUT2D eigenvalue weighted by molar-refractivity contribution is 0.0602. The van der Waals surface area contributed by atoms with E-state index in [-0.39, 0.29) is 5.56 Å². The lowest BCUT2D eigenvalue weighted by Crippen LogP contribution is -2.36. The van der Waals surface area contributed by atoms with Crippen molar-refractivity contribution >= 4 is 34.9 Å². The van der Waals surface area contributed by atoms with Gasteiger partial charge in [-0.3, -0.25) is 4.79 Å². The van der Waals surface area contributed by atoms with E-state index in [4.69, 9.17) is 30.5 Å². The molecule has 164 valence electrons. The van der Waals surface area contributed by atoms with Crippen LogP contribution in [0.3, 0.4) is 0 Å². The molecule has 9 heteroatoms. The number of rotatable bonds is 4. The summed E-state index contributed by atoms with van der Waals surface area (Å²) in [6.45, 7) is 3.66. The van der Waals surface area contributed by atoms with Gasteiger partial charge >= 0.3 is 5.97 Å². The van der Waals surface area contributed by atoms with Gasteiger partial charge in [-0.05, 0) is 30.3 Å². The maximum absolute atomic E-state index is 12.9. The fourth-order valence-corrected chi connectivity index (χ4v) is 3.76. The molecule has 2 aliphatic rings. The summed E-state index contributed by atoms with van der Waals surface area (Å²) in [6, 6.07) is 8.37. The molecule has 2 aliphatic heterocycles. The van der Waals surface area contributed by atoms with Gasteiger partial charge in [0.1, 0.15) is 0 Å². The predicted octanol–water partition coefficient (Wildman–Crippen LogP) is 3.38. The molecular formula is C22H23ClN2O6. The third-order valence-electron chi connectivity index (χ3n) is 5.10. The smallest absolute Gasteiger partial charge is 0.340 e. The van der Waals surface area contributed by atoms with Gasteiger partial charge in [0.25, 0.3) is 5.91 Å². The summed E-state index contributed by atoms with van der Waals surface area (Å²) in [7, 11) is 1.30. The van der Waals surface area contributed by atoms with Crippen molar-refractivity contribution < 1.29 is 28.5 Å². The minimum Gasteiger partial charge on any atom is -0.489 e. The minimum absolute atomic E-state index is 0.264. The van der Waals surface area contributed by atoms with Crippen LogP contribution < -0.4 is 19.7 Å². The fraction of sp³-hybridized carbons (Fsp3) is 0.364. The first kappa shape index (κ1) is 21.3. The van der Waals surface area contributed by atoms with Crippen molar-refractivity contribution in [3.8, 4) is 11.5 Å².